The summed E-state index contributed by atoms with van der Waals surface area (Å²) in [5.41, 5.74) is 3.61. The summed E-state index contributed by atoms with van der Waals surface area (Å²) >= 11 is 0. The van der Waals surface area contributed by atoms with Crippen LogP contribution in [0, 0.1) is 13.8 Å². The molecule has 0 spiro atoms. The zero-order valence-corrected chi connectivity index (χ0v) is 15.6. The fourth-order valence-corrected chi connectivity index (χ4v) is 2.82. The van der Waals surface area contributed by atoms with E-state index in [1.165, 1.54) is 12.1 Å². The molecule has 2 N–H and O–H groups in total. The molecule has 0 fully saturated rings. The SMILES string of the molecule is Cc1cc(C)n(CCCNC(=O)c2cc(-c3ccc(OC(F)F)cc3)n[nH]2)n1. The molecule has 0 atom stereocenters. The number of rotatable bonds is 8. The number of halogens is 2. The number of nitrogens with zero attached hydrogens (tertiary/aromatic N) is 3. The van der Waals surface area contributed by atoms with Crippen LogP contribution in [0.1, 0.15) is 28.3 Å². The van der Waals surface area contributed by atoms with Crippen molar-refractivity contribution < 1.29 is 18.3 Å². The second kappa shape index (κ2) is 8.64. The van der Waals surface area contributed by atoms with E-state index in [0.29, 0.717) is 23.5 Å². The number of ether oxygens (including phenoxy) is 1. The number of nitrogens with one attached hydrogen (secondary N) is 2. The Hall–Kier alpha value is -3.23. The van der Waals surface area contributed by atoms with E-state index in [-0.39, 0.29) is 11.7 Å². The summed E-state index contributed by atoms with van der Waals surface area (Å²) in [5, 5.41) is 14.0. The Bertz CT molecular complexity index is 934. The Morgan fingerprint density at radius 1 is 1.25 bits per heavy atom. The molecule has 7 nitrogen and oxygen atoms in total. The number of alkyl halides is 2. The van der Waals surface area contributed by atoms with Crippen LogP contribution in [0.3, 0.4) is 0 Å². The Labute approximate surface area is 160 Å². The zero-order valence-electron chi connectivity index (χ0n) is 15.6. The summed E-state index contributed by atoms with van der Waals surface area (Å²) < 4.78 is 30.6. The predicted molar refractivity (Wildman–Crippen MR) is 99.3 cm³/mol. The molecule has 0 saturated heterocycles. The third-order valence-electron chi connectivity index (χ3n) is 4.13. The highest BCUT2D eigenvalue weighted by Gasteiger charge is 2.11. The first-order valence-electron chi connectivity index (χ1n) is 8.82. The highest BCUT2D eigenvalue weighted by molar-refractivity contribution is 5.93. The van der Waals surface area contributed by atoms with Gasteiger partial charge < -0.3 is 10.1 Å². The van der Waals surface area contributed by atoms with Crippen molar-refractivity contribution in [3.8, 4) is 17.0 Å². The largest absolute Gasteiger partial charge is 0.435 e. The molecule has 1 aromatic carbocycles. The first kappa shape index (κ1) is 19.5. The van der Waals surface area contributed by atoms with E-state index in [0.717, 1.165) is 24.4 Å². The number of amides is 1. The minimum Gasteiger partial charge on any atom is -0.435 e. The van der Waals surface area contributed by atoms with Gasteiger partial charge in [-0.2, -0.15) is 19.0 Å². The van der Waals surface area contributed by atoms with Crippen molar-refractivity contribution >= 4 is 5.91 Å². The van der Waals surface area contributed by atoms with Crippen molar-refractivity contribution in [3.63, 3.8) is 0 Å². The molecular weight excluding hydrogens is 368 g/mol. The van der Waals surface area contributed by atoms with Gasteiger partial charge in [-0.25, -0.2) is 0 Å². The van der Waals surface area contributed by atoms with Gasteiger partial charge in [0.25, 0.3) is 5.91 Å². The molecular formula is C19H21F2N5O2. The van der Waals surface area contributed by atoms with Crippen LogP contribution in [0.2, 0.25) is 0 Å². The van der Waals surface area contributed by atoms with E-state index in [4.69, 9.17) is 0 Å². The first-order valence-corrected chi connectivity index (χ1v) is 8.82. The average molecular weight is 389 g/mol. The minimum atomic E-state index is -2.87. The highest BCUT2D eigenvalue weighted by Crippen LogP contribution is 2.22. The molecule has 148 valence electrons. The van der Waals surface area contributed by atoms with Gasteiger partial charge in [0, 0.05) is 24.3 Å². The molecule has 0 aliphatic rings. The van der Waals surface area contributed by atoms with Crippen molar-refractivity contribution in [1.29, 1.82) is 0 Å². The number of hydrogen-bond donors (Lipinski definition) is 2. The lowest BCUT2D eigenvalue weighted by Gasteiger charge is -2.05. The van der Waals surface area contributed by atoms with Crippen LogP contribution >= 0.6 is 0 Å². The van der Waals surface area contributed by atoms with Gasteiger partial charge in [-0.3, -0.25) is 14.6 Å². The lowest BCUT2D eigenvalue weighted by molar-refractivity contribution is -0.0498. The first-order chi connectivity index (χ1) is 13.4. The molecule has 1 amide bonds. The van der Waals surface area contributed by atoms with E-state index in [2.05, 4.69) is 25.3 Å². The van der Waals surface area contributed by atoms with Crippen LogP contribution in [0.25, 0.3) is 11.3 Å². The van der Waals surface area contributed by atoms with E-state index >= 15 is 0 Å². The Balaban J connectivity index is 1.51. The topological polar surface area (TPSA) is 84.8 Å². The lowest BCUT2D eigenvalue weighted by atomic mass is 10.1. The van der Waals surface area contributed by atoms with Crippen molar-refractivity contribution in [2.24, 2.45) is 0 Å². The second-order valence-corrected chi connectivity index (χ2v) is 6.33. The predicted octanol–water partition coefficient (Wildman–Crippen LogP) is 3.31. The van der Waals surface area contributed by atoms with E-state index in [9.17, 15) is 13.6 Å². The third-order valence-corrected chi connectivity index (χ3v) is 4.13. The number of benzene rings is 1. The van der Waals surface area contributed by atoms with Crippen molar-refractivity contribution in [2.75, 3.05) is 6.54 Å². The Morgan fingerprint density at radius 2 is 2.00 bits per heavy atom. The van der Waals surface area contributed by atoms with Gasteiger partial charge in [-0.05, 0) is 56.7 Å². The van der Waals surface area contributed by atoms with E-state index < -0.39 is 6.61 Å². The maximum Gasteiger partial charge on any atom is 0.387 e. The fourth-order valence-electron chi connectivity index (χ4n) is 2.82. The quantitative estimate of drug-likeness (QED) is 0.579. The normalized spacial score (nSPS) is 11.0. The van der Waals surface area contributed by atoms with Crippen LogP contribution in [0.15, 0.2) is 36.4 Å². The van der Waals surface area contributed by atoms with Crippen molar-refractivity contribution in [1.82, 2.24) is 25.3 Å². The smallest absolute Gasteiger partial charge is 0.387 e. The van der Waals surface area contributed by atoms with Crippen molar-refractivity contribution in [2.45, 2.75) is 33.4 Å². The Kier molecular flexibility index (Phi) is 6.03. The average Bonchev–Trinajstić information content (AvgIpc) is 3.25. The molecule has 2 heterocycles. The molecule has 0 unspecified atom stereocenters. The molecule has 0 saturated carbocycles. The van der Waals surface area contributed by atoms with Crippen LogP contribution < -0.4 is 10.1 Å². The number of carbonyl (C=O) groups excluding carboxylic acids is 1. The number of carbonyl (C=O) groups is 1. The summed E-state index contributed by atoms with van der Waals surface area (Å²) in [4.78, 5) is 12.2. The number of aryl methyl sites for hydroxylation is 3. The molecule has 9 heteroatoms. The number of hydrogen-bond acceptors (Lipinski definition) is 4. The molecule has 3 aromatic rings. The standard InChI is InChI=1S/C19H21F2N5O2/c1-12-10-13(2)26(25-12)9-3-8-22-18(27)17-11-16(23-24-17)14-4-6-15(7-5-14)28-19(20)21/h4-7,10-11,19H,3,8-9H2,1-2H3,(H,22,27)(H,23,24). The molecule has 0 aliphatic carbocycles. The van der Waals surface area contributed by atoms with Crippen LogP contribution in [0.4, 0.5) is 8.78 Å². The summed E-state index contributed by atoms with van der Waals surface area (Å²) in [6.45, 7) is 2.30. The lowest BCUT2D eigenvalue weighted by Crippen LogP contribution is -2.25. The minimum absolute atomic E-state index is 0.0647. The summed E-state index contributed by atoms with van der Waals surface area (Å²) in [6.07, 6.45) is 0.750. The molecule has 0 radical (unpaired) electrons. The fraction of sp³-hybridized carbons (Fsp3) is 0.316. The van der Waals surface area contributed by atoms with Crippen LogP contribution in [0.5, 0.6) is 5.75 Å². The highest BCUT2D eigenvalue weighted by atomic mass is 19.3. The molecule has 0 aliphatic heterocycles. The van der Waals surface area contributed by atoms with Gasteiger partial charge in [0.05, 0.1) is 11.4 Å². The zero-order chi connectivity index (χ0) is 20.1. The second-order valence-electron chi connectivity index (χ2n) is 6.33. The summed E-state index contributed by atoms with van der Waals surface area (Å²) in [7, 11) is 0. The number of H-pyrrole nitrogens is 1. The van der Waals surface area contributed by atoms with Gasteiger partial charge in [0.1, 0.15) is 11.4 Å². The molecule has 0 bridgehead atoms. The van der Waals surface area contributed by atoms with Crippen molar-refractivity contribution in [3.05, 3.63) is 53.5 Å². The molecule has 2 aromatic heterocycles. The monoisotopic (exact) mass is 389 g/mol. The molecule has 28 heavy (non-hydrogen) atoms. The summed E-state index contributed by atoms with van der Waals surface area (Å²) in [5.74, 6) is -0.195. The molecule has 3 rings (SSSR count). The number of aromatic nitrogens is 4. The van der Waals surface area contributed by atoms with Crippen LogP contribution in [-0.4, -0.2) is 39.0 Å². The number of aromatic amines is 1. The summed E-state index contributed by atoms with van der Waals surface area (Å²) in [6, 6.07) is 9.67. The Morgan fingerprint density at radius 3 is 2.64 bits per heavy atom. The third kappa shape index (κ3) is 4.93. The van der Waals surface area contributed by atoms with E-state index in [1.807, 2.05) is 24.6 Å². The van der Waals surface area contributed by atoms with E-state index in [1.54, 1.807) is 18.2 Å². The van der Waals surface area contributed by atoms with Crippen LogP contribution in [-0.2, 0) is 6.54 Å². The van der Waals surface area contributed by atoms with Gasteiger partial charge in [0.15, 0.2) is 0 Å². The van der Waals surface area contributed by atoms with Gasteiger partial charge in [0.2, 0.25) is 0 Å². The maximum absolute atomic E-state index is 12.2. The maximum atomic E-state index is 12.2. The van der Waals surface area contributed by atoms with Gasteiger partial charge in [-0.15, -0.1) is 0 Å². The van der Waals surface area contributed by atoms with Gasteiger partial charge in [-0.1, -0.05) is 0 Å². The van der Waals surface area contributed by atoms with Gasteiger partial charge >= 0.3 is 6.61 Å².